The Labute approximate surface area is 213 Å². The number of halogens is 1. The molecule has 1 fully saturated rings. The fraction of sp³-hybridized carbons (Fsp3) is 0.250. The first-order valence-electron chi connectivity index (χ1n) is 11.9. The summed E-state index contributed by atoms with van der Waals surface area (Å²) in [6, 6.07) is 18.7. The summed E-state index contributed by atoms with van der Waals surface area (Å²) in [5.41, 5.74) is 2.89. The summed E-state index contributed by atoms with van der Waals surface area (Å²) < 4.78 is 20.4. The van der Waals surface area contributed by atoms with Gasteiger partial charge in [-0.25, -0.2) is 9.37 Å². The lowest BCUT2D eigenvalue weighted by Gasteiger charge is -2.41. The zero-order chi connectivity index (χ0) is 26.1. The van der Waals surface area contributed by atoms with Gasteiger partial charge in [0, 0.05) is 44.9 Å². The largest absolute Gasteiger partial charge is 0.508 e. The summed E-state index contributed by atoms with van der Waals surface area (Å²) in [5.74, 6) is 0.236. The molecular formula is C28H26FN5O3. The highest BCUT2D eigenvalue weighted by Gasteiger charge is 2.31. The number of methoxy groups -OCH3 is 1. The van der Waals surface area contributed by atoms with Crippen LogP contribution in [0.1, 0.15) is 22.7 Å². The lowest BCUT2D eigenvalue weighted by molar-refractivity contribution is 0.209. The van der Waals surface area contributed by atoms with Crippen LogP contribution in [0, 0.1) is 17.1 Å². The van der Waals surface area contributed by atoms with Crippen molar-refractivity contribution in [3.05, 3.63) is 93.5 Å². The first-order chi connectivity index (χ1) is 17.9. The van der Waals surface area contributed by atoms with Crippen LogP contribution in [0.4, 0.5) is 10.1 Å². The molecule has 1 N–H and O–H groups in total. The molecule has 3 heterocycles. The fourth-order valence-electron chi connectivity index (χ4n) is 5.05. The predicted octanol–water partition coefficient (Wildman–Crippen LogP) is 3.57. The van der Waals surface area contributed by atoms with Gasteiger partial charge in [-0.15, -0.1) is 0 Å². The van der Waals surface area contributed by atoms with Crippen LogP contribution in [0.5, 0.6) is 11.6 Å². The zero-order valence-electron chi connectivity index (χ0n) is 20.6. The Bertz CT molecular complexity index is 1550. The molecule has 0 bridgehead atoms. The van der Waals surface area contributed by atoms with Gasteiger partial charge in [0.1, 0.15) is 28.7 Å². The first-order valence-corrected chi connectivity index (χ1v) is 11.9. The lowest BCUT2D eigenvalue weighted by Crippen LogP contribution is -2.48. The van der Waals surface area contributed by atoms with E-state index in [0.29, 0.717) is 48.8 Å². The van der Waals surface area contributed by atoms with E-state index in [2.05, 4.69) is 16.0 Å². The molecular weight excluding hydrogens is 473 g/mol. The zero-order valence-corrected chi connectivity index (χ0v) is 20.6. The molecule has 1 unspecified atom stereocenters. The van der Waals surface area contributed by atoms with E-state index in [1.165, 1.54) is 23.8 Å². The third-order valence-electron chi connectivity index (χ3n) is 6.92. The van der Waals surface area contributed by atoms with Crippen LogP contribution in [0.2, 0.25) is 0 Å². The van der Waals surface area contributed by atoms with Crippen molar-refractivity contribution in [2.75, 3.05) is 38.2 Å². The number of benzene rings is 2. The summed E-state index contributed by atoms with van der Waals surface area (Å²) >= 11 is 0. The van der Waals surface area contributed by atoms with Gasteiger partial charge in [-0.1, -0.05) is 30.3 Å². The maximum atomic E-state index is 13.7. The van der Waals surface area contributed by atoms with Crippen LogP contribution in [0.3, 0.4) is 0 Å². The molecule has 1 aliphatic rings. The van der Waals surface area contributed by atoms with Gasteiger partial charge in [0.15, 0.2) is 0 Å². The van der Waals surface area contributed by atoms with Crippen LogP contribution in [-0.4, -0.2) is 52.8 Å². The van der Waals surface area contributed by atoms with Crippen molar-refractivity contribution in [3.8, 4) is 17.7 Å². The Morgan fingerprint density at radius 3 is 2.41 bits per heavy atom. The number of rotatable bonds is 5. The Hall–Kier alpha value is -4.42. The molecule has 1 saturated heterocycles. The van der Waals surface area contributed by atoms with E-state index in [-0.39, 0.29) is 28.7 Å². The normalized spacial score (nSPS) is 14.9. The summed E-state index contributed by atoms with van der Waals surface area (Å²) in [5, 5.41) is 20.6. The molecule has 1 aliphatic heterocycles. The molecule has 2 aromatic heterocycles. The summed E-state index contributed by atoms with van der Waals surface area (Å²) in [6.45, 7) is 2.17. The van der Waals surface area contributed by atoms with Gasteiger partial charge in [0.25, 0.3) is 5.56 Å². The molecule has 2 aromatic carbocycles. The lowest BCUT2D eigenvalue weighted by atomic mass is 9.95. The number of hydrogen-bond donors (Lipinski definition) is 1. The Balaban J connectivity index is 1.53. The number of piperazine rings is 1. The minimum atomic E-state index is -0.377. The molecule has 0 spiro atoms. The number of fused-ring (bicyclic) bond motifs is 1. The Morgan fingerprint density at radius 2 is 1.76 bits per heavy atom. The van der Waals surface area contributed by atoms with Gasteiger partial charge in [-0.3, -0.25) is 9.69 Å². The molecule has 8 nitrogen and oxygen atoms in total. The number of para-hydroxylation sites is 1. The predicted molar refractivity (Wildman–Crippen MR) is 138 cm³/mol. The topological polar surface area (TPSA) is 94.6 Å². The molecule has 188 valence electrons. The molecule has 37 heavy (non-hydrogen) atoms. The highest BCUT2D eigenvalue weighted by molar-refractivity contribution is 5.92. The molecule has 4 aromatic rings. The van der Waals surface area contributed by atoms with E-state index in [9.17, 15) is 19.6 Å². The van der Waals surface area contributed by atoms with Crippen molar-refractivity contribution in [1.29, 1.82) is 5.26 Å². The number of pyridine rings is 2. The number of phenols is 1. The van der Waals surface area contributed by atoms with Gasteiger partial charge in [0.2, 0.25) is 5.88 Å². The second-order valence-corrected chi connectivity index (χ2v) is 8.96. The van der Waals surface area contributed by atoms with E-state index in [1.54, 1.807) is 43.4 Å². The van der Waals surface area contributed by atoms with Crippen LogP contribution in [0.15, 0.2) is 65.5 Å². The number of hydrogen-bond acceptors (Lipinski definition) is 7. The van der Waals surface area contributed by atoms with Crippen molar-refractivity contribution in [1.82, 2.24) is 14.5 Å². The fourth-order valence-corrected chi connectivity index (χ4v) is 5.05. The second-order valence-electron chi connectivity index (χ2n) is 8.96. The second kappa shape index (κ2) is 9.91. The highest BCUT2D eigenvalue weighted by Crippen LogP contribution is 2.36. The van der Waals surface area contributed by atoms with E-state index in [1.807, 2.05) is 17.0 Å². The number of aromatic hydroxyl groups is 1. The van der Waals surface area contributed by atoms with Crippen molar-refractivity contribution >= 4 is 16.7 Å². The Kier molecular flexibility index (Phi) is 6.51. The van der Waals surface area contributed by atoms with Crippen LogP contribution in [0.25, 0.3) is 11.0 Å². The first kappa shape index (κ1) is 24.3. The quantitative estimate of drug-likeness (QED) is 0.449. The maximum absolute atomic E-state index is 13.7. The average Bonchev–Trinajstić information content (AvgIpc) is 2.93. The SMILES string of the molecule is COc1ccc2c(n1)c(N1CCN(C(c3ccc(F)cc3)c3ccccc3O)CC1)c(C#N)c(=O)n2C. The minimum Gasteiger partial charge on any atom is -0.508 e. The molecule has 0 aliphatic carbocycles. The number of phenolic OH excluding ortho intramolecular Hbond substituents is 1. The molecule has 1 atom stereocenters. The van der Waals surface area contributed by atoms with E-state index in [0.717, 1.165) is 11.1 Å². The van der Waals surface area contributed by atoms with Crippen LogP contribution < -0.4 is 15.2 Å². The summed E-state index contributed by atoms with van der Waals surface area (Å²) in [6.07, 6.45) is 0. The van der Waals surface area contributed by atoms with Crippen molar-refractivity contribution in [2.45, 2.75) is 6.04 Å². The molecule has 9 heteroatoms. The number of aryl methyl sites for hydroxylation is 1. The molecule has 0 saturated carbocycles. The standard InChI is InChI=1S/C28H26FN5O3/c1-32-22-11-12-24(37-2)31-25(22)27(21(17-30)28(32)36)34-15-13-33(14-16-34)26(18-7-9-19(29)10-8-18)20-5-3-4-6-23(20)35/h3-12,26,35H,13-16H2,1-2H3. The third kappa shape index (κ3) is 4.36. The number of anilines is 1. The van der Waals surface area contributed by atoms with Gasteiger partial charge < -0.3 is 19.3 Å². The van der Waals surface area contributed by atoms with Crippen LogP contribution >= 0.6 is 0 Å². The number of nitrogens with zero attached hydrogens (tertiary/aromatic N) is 5. The average molecular weight is 500 g/mol. The van der Waals surface area contributed by atoms with Gasteiger partial charge >= 0.3 is 0 Å². The van der Waals surface area contributed by atoms with Gasteiger partial charge in [0.05, 0.1) is 24.4 Å². The monoisotopic (exact) mass is 499 g/mol. The molecule has 0 radical (unpaired) electrons. The maximum Gasteiger partial charge on any atom is 0.270 e. The third-order valence-corrected chi connectivity index (χ3v) is 6.92. The summed E-state index contributed by atoms with van der Waals surface area (Å²) in [4.78, 5) is 21.8. The van der Waals surface area contributed by atoms with Gasteiger partial charge in [-0.2, -0.15) is 5.26 Å². The van der Waals surface area contributed by atoms with E-state index in [4.69, 9.17) is 4.74 Å². The van der Waals surface area contributed by atoms with Crippen molar-refractivity contribution in [3.63, 3.8) is 0 Å². The minimum absolute atomic E-state index is 0.0417. The summed E-state index contributed by atoms with van der Waals surface area (Å²) in [7, 11) is 3.15. The van der Waals surface area contributed by atoms with Crippen LogP contribution in [-0.2, 0) is 7.05 Å². The van der Waals surface area contributed by atoms with E-state index >= 15 is 0 Å². The number of nitriles is 1. The Morgan fingerprint density at radius 1 is 1.05 bits per heavy atom. The smallest absolute Gasteiger partial charge is 0.270 e. The molecule has 0 amide bonds. The van der Waals surface area contributed by atoms with E-state index < -0.39 is 0 Å². The van der Waals surface area contributed by atoms with Crippen molar-refractivity contribution in [2.24, 2.45) is 7.05 Å². The van der Waals surface area contributed by atoms with Crippen molar-refractivity contribution < 1.29 is 14.2 Å². The number of aromatic nitrogens is 2. The highest BCUT2D eigenvalue weighted by atomic mass is 19.1. The number of ether oxygens (including phenoxy) is 1. The van der Waals surface area contributed by atoms with Gasteiger partial charge in [-0.05, 0) is 29.8 Å². The molecule has 5 rings (SSSR count).